The molecule has 2 aliphatic rings. The topological polar surface area (TPSA) is 68.1 Å². The van der Waals surface area contributed by atoms with E-state index in [2.05, 4.69) is 16.0 Å². The normalized spacial score (nSPS) is 20.2. The number of carbonyl (C=O) groups is 1. The molecule has 0 spiro atoms. The standard InChI is InChI=1S/C23H22N4O2/c1-15-4-2-3-5-18(15)19-6-7-21-17-10-16(13-27(21)22(19)28)12-26(14-17)23(29)20-11-24-8-9-25-20/h2-9,11,16-17H,10,12-14H2,1H3. The lowest BCUT2D eigenvalue weighted by atomic mass is 9.82. The van der Waals surface area contributed by atoms with Crippen LogP contribution in [0.5, 0.6) is 0 Å². The summed E-state index contributed by atoms with van der Waals surface area (Å²) >= 11 is 0. The summed E-state index contributed by atoms with van der Waals surface area (Å²) in [4.78, 5) is 36.2. The number of likely N-dealkylation sites (tertiary alicyclic amines) is 1. The third kappa shape index (κ3) is 3.05. The predicted molar refractivity (Wildman–Crippen MR) is 110 cm³/mol. The van der Waals surface area contributed by atoms with Crippen LogP contribution in [0.1, 0.15) is 34.1 Å². The first kappa shape index (κ1) is 17.8. The number of pyridine rings is 1. The maximum absolute atomic E-state index is 13.3. The lowest BCUT2D eigenvalue weighted by Gasteiger charge is -2.42. The van der Waals surface area contributed by atoms with Crippen LogP contribution in [-0.2, 0) is 6.54 Å². The molecule has 2 aliphatic heterocycles. The summed E-state index contributed by atoms with van der Waals surface area (Å²) in [6.45, 7) is 3.93. The highest BCUT2D eigenvalue weighted by atomic mass is 16.2. The molecule has 2 atom stereocenters. The average molecular weight is 386 g/mol. The molecule has 5 rings (SSSR count). The van der Waals surface area contributed by atoms with Crippen LogP contribution in [0.4, 0.5) is 0 Å². The zero-order chi connectivity index (χ0) is 20.0. The summed E-state index contributed by atoms with van der Waals surface area (Å²) < 4.78 is 1.94. The molecule has 4 heterocycles. The first-order valence-corrected chi connectivity index (χ1v) is 9.97. The minimum absolute atomic E-state index is 0.0696. The lowest BCUT2D eigenvalue weighted by Crippen LogP contribution is -2.49. The van der Waals surface area contributed by atoms with Gasteiger partial charge in [-0.1, -0.05) is 24.3 Å². The maximum atomic E-state index is 13.3. The number of aryl methyl sites for hydroxylation is 1. The fourth-order valence-electron chi connectivity index (χ4n) is 4.76. The summed E-state index contributed by atoms with van der Waals surface area (Å²) in [6, 6.07) is 12.0. The molecule has 2 bridgehead atoms. The first-order chi connectivity index (χ1) is 14.1. The van der Waals surface area contributed by atoms with Gasteiger partial charge in [0.25, 0.3) is 11.5 Å². The van der Waals surface area contributed by atoms with Crippen LogP contribution >= 0.6 is 0 Å². The Bertz CT molecular complexity index is 1140. The number of amides is 1. The van der Waals surface area contributed by atoms with E-state index in [1.165, 1.54) is 6.20 Å². The maximum Gasteiger partial charge on any atom is 0.274 e. The van der Waals surface area contributed by atoms with Gasteiger partial charge in [0.15, 0.2) is 0 Å². The fraction of sp³-hybridized carbons (Fsp3) is 0.304. The van der Waals surface area contributed by atoms with E-state index in [-0.39, 0.29) is 23.3 Å². The van der Waals surface area contributed by atoms with E-state index in [1.54, 1.807) is 12.4 Å². The molecule has 6 heteroatoms. The average Bonchev–Trinajstić information content (AvgIpc) is 2.75. The van der Waals surface area contributed by atoms with Crippen molar-refractivity contribution in [2.45, 2.75) is 25.8 Å². The quantitative estimate of drug-likeness (QED) is 0.679. The van der Waals surface area contributed by atoms with Crippen molar-refractivity contribution in [2.75, 3.05) is 13.1 Å². The van der Waals surface area contributed by atoms with E-state index in [0.29, 0.717) is 25.3 Å². The van der Waals surface area contributed by atoms with Gasteiger partial charge < -0.3 is 9.47 Å². The van der Waals surface area contributed by atoms with Gasteiger partial charge in [-0.05, 0) is 42.5 Å². The van der Waals surface area contributed by atoms with Gasteiger partial charge in [0, 0.05) is 49.2 Å². The van der Waals surface area contributed by atoms with Crippen LogP contribution in [0.2, 0.25) is 0 Å². The Kier molecular flexibility index (Phi) is 4.27. The SMILES string of the molecule is Cc1ccccc1-c1ccc2n(c1=O)CC1CC2CN(C(=O)c2cnccn2)C1. The Morgan fingerprint density at radius 3 is 2.69 bits per heavy atom. The highest BCUT2D eigenvalue weighted by Crippen LogP contribution is 2.36. The van der Waals surface area contributed by atoms with E-state index in [1.807, 2.05) is 46.7 Å². The van der Waals surface area contributed by atoms with Gasteiger partial charge in [0.2, 0.25) is 0 Å². The van der Waals surface area contributed by atoms with Crippen molar-refractivity contribution >= 4 is 5.91 Å². The second kappa shape index (κ2) is 6.95. The Labute approximate surface area is 168 Å². The number of benzene rings is 1. The van der Waals surface area contributed by atoms with Gasteiger partial charge in [0.05, 0.1) is 6.20 Å². The van der Waals surface area contributed by atoms with Crippen molar-refractivity contribution in [1.82, 2.24) is 19.4 Å². The van der Waals surface area contributed by atoms with Crippen LogP contribution in [0.25, 0.3) is 11.1 Å². The van der Waals surface area contributed by atoms with Gasteiger partial charge in [-0.25, -0.2) is 4.98 Å². The van der Waals surface area contributed by atoms with Crippen LogP contribution in [0, 0.1) is 12.8 Å². The molecule has 0 saturated carbocycles. The summed E-state index contributed by atoms with van der Waals surface area (Å²) in [5, 5.41) is 0. The van der Waals surface area contributed by atoms with Crippen molar-refractivity contribution in [1.29, 1.82) is 0 Å². The molecule has 1 aromatic carbocycles. The first-order valence-electron chi connectivity index (χ1n) is 9.97. The molecule has 1 saturated heterocycles. The van der Waals surface area contributed by atoms with Crippen LogP contribution in [0.3, 0.4) is 0 Å². The summed E-state index contributed by atoms with van der Waals surface area (Å²) in [5.74, 6) is 0.355. The van der Waals surface area contributed by atoms with E-state index >= 15 is 0 Å². The number of fused-ring (bicyclic) bond motifs is 4. The van der Waals surface area contributed by atoms with Crippen molar-refractivity contribution in [2.24, 2.45) is 5.92 Å². The molecule has 0 N–H and O–H groups in total. The smallest absolute Gasteiger partial charge is 0.274 e. The summed E-state index contributed by atoms with van der Waals surface area (Å²) in [7, 11) is 0. The Morgan fingerprint density at radius 1 is 1.03 bits per heavy atom. The third-order valence-electron chi connectivity index (χ3n) is 6.11. The van der Waals surface area contributed by atoms with Crippen LogP contribution < -0.4 is 5.56 Å². The van der Waals surface area contributed by atoms with E-state index in [0.717, 1.165) is 28.8 Å². The lowest BCUT2D eigenvalue weighted by molar-refractivity contribution is 0.0588. The van der Waals surface area contributed by atoms with Gasteiger partial charge in [-0.3, -0.25) is 14.6 Å². The largest absolute Gasteiger partial charge is 0.336 e. The molecule has 29 heavy (non-hydrogen) atoms. The van der Waals surface area contributed by atoms with E-state index < -0.39 is 0 Å². The molecular formula is C23H22N4O2. The number of hydrogen-bond donors (Lipinski definition) is 0. The Hall–Kier alpha value is -3.28. The fourth-order valence-corrected chi connectivity index (χ4v) is 4.76. The molecule has 146 valence electrons. The number of piperidine rings is 1. The van der Waals surface area contributed by atoms with Crippen LogP contribution in [-0.4, -0.2) is 38.4 Å². The van der Waals surface area contributed by atoms with Crippen molar-refractivity contribution in [3.05, 3.63) is 82.3 Å². The summed E-state index contributed by atoms with van der Waals surface area (Å²) in [6.07, 6.45) is 5.63. The monoisotopic (exact) mass is 386 g/mol. The number of nitrogens with zero attached hydrogens (tertiary/aromatic N) is 4. The molecule has 1 fully saturated rings. The molecule has 2 unspecified atom stereocenters. The highest BCUT2D eigenvalue weighted by Gasteiger charge is 2.37. The molecule has 3 aromatic rings. The number of carbonyl (C=O) groups excluding carboxylic acids is 1. The van der Waals surface area contributed by atoms with Crippen molar-refractivity contribution in [3.63, 3.8) is 0 Å². The third-order valence-corrected chi connectivity index (χ3v) is 6.11. The highest BCUT2D eigenvalue weighted by molar-refractivity contribution is 5.92. The van der Waals surface area contributed by atoms with Gasteiger partial charge in [-0.2, -0.15) is 0 Å². The van der Waals surface area contributed by atoms with Gasteiger partial charge in [0.1, 0.15) is 5.69 Å². The Balaban J connectivity index is 1.49. The number of aromatic nitrogens is 3. The summed E-state index contributed by atoms with van der Waals surface area (Å²) in [5.41, 5.74) is 4.31. The zero-order valence-corrected chi connectivity index (χ0v) is 16.3. The molecule has 2 aromatic heterocycles. The van der Waals surface area contributed by atoms with Crippen molar-refractivity contribution < 1.29 is 4.79 Å². The zero-order valence-electron chi connectivity index (χ0n) is 16.3. The van der Waals surface area contributed by atoms with Gasteiger partial charge in [-0.15, -0.1) is 0 Å². The van der Waals surface area contributed by atoms with E-state index in [4.69, 9.17) is 0 Å². The Morgan fingerprint density at radius 2 is 1.90 bits per heavy atom. The number of hydrogen-bond acceptors (Lipinski definition) is 4. The predicted octanol–water partition coefficient (Wildman–Crippen LogP) is 2.87. The molecule has 0 radical (unpaired) electrons. The van der Waals surface area contributed by atoms with Gasteiger partial charge >= 0.3 is 0 Å². The number of rotatable bonds is 2. The van der Waals surface area contributed by atoms with E-state index in [9.17, 15) is 9.59 Å². The molecule has 6 nitrogen and oxygen atoms in total. The minimum atomic E-state index is -0.0832. The second-order valence-corrected chi connectivity index (χ2v) is 8.00. The minimum Gasteiger partial charge on any atom is -0.336 e. The van der Waals surface area contributed by atoms with Crippen LogP contribution in [0.15, 0.2) is 59.8 Å². The second-order valence-electron chi connectivity index (χ2n) is 8.00. The van der Waals surface area contributed by atoms with Crippen molar-refractivity contribution in [3.8, 4) is 11.1 Å². The molecular weight excluding hydrogens is 364 g/mol. The molecule has 1 amide bonds. The molecule has 0 aliphatic carbocycles.